The number of amides is 2. The van der Waals surface area contributed by atoms with Crippen molar-refractivity contribution >= 4 is 12.8 Å². The van der Waals surface area contributed by atoms with Gasteiger partial charge in [0.2, 0.25) is 12.8 Å². The lowest BCUT2D eigenvalue weighted by Gasteiger charge is -2.19. The van der Waals surface area contributed by atoms with Gasteiger partial charge in [-0.25, -0.2) is 0 Å². The van der Waals surface area contributed by atoms with Crippen LogP contribution in [0.4, 0.5) is 0 Å². The van der Waals surface area contributed by atoms with Gasteiger partial charge in [0.25, 0.3) is 0 Å². The Hall–Kier alpha value is -1.84. The minimum Gasteiger partial charge on any atom is -0.352 e. The molecule has 2 N–H and O–H groups in total. The Morgan fingerprint density at radius 2 is 1.31 bits per heavy atom. The predicted octanol–water partition coefficient (Wildman–Crippen LogP) is 1.30. The van der Waals surface area contributed by atoms with Crippen molar-refractivity contribution in [3.63, 3.8) is 0 Å². The van der Waals surface area contributed by atoms with E-state index in [2.05, 4.69) is 10.6 Å². The maximum Gasteiger partial charge on any atom is 0.207 e. The number of nitrogens with one attached hydrogen (secondary N) is 2. The standard InChI is InChI=1S/C12H16N2O2/c1-9(13-7-15)11-5-3-4-6-12(11)10(2)14-8-16/h3-10H,1-2H3,(H,13,15)(H,14,16). The third-order valence-electron chi connectivity index (χ3n) is 2.57. The molecule has 0 aliphatic heterocycles. The molecule has 16 heavy (non-hydrogen) atoms. The summed E-state index contributed by atoms with van der Waals surface area (Å²) in [5.74, 6) is 0. The Morgan fingerprint density at radius 1 is 0.938 bits per heavy atom. The second-order valence-electron chi connectivity index (χ2n) is 3.64. The summed E-state index contributed by atoms with van der Waals surface area (Å²) >= 11 is 0. The van der Waals surface area contributed by atoms with Gasteiger partial charge >= 0.3 is 0 Å². The van der Waals surface area contributed by atoms with E-state index >= 15 is 0 Å². The minimum absolute atomic E-state index is 0.0652. The van der Waals surface area contributed by atoms with Crippen LogP contribution in [0, 0.1) is 0 Å². The zero-order valence-electron chi connectivity index (χ0n) is 9.44. The molecule has 0 radical (unpaired) electrons. The van der Waals surface area contributed by atoms with Crippen molar-refractivity contribution in [2.24, 2.45) is 0 Å². The molecular weight excluding hydrogens is 204 g/mol. The first-order chi connectivity index (χ1) is 7.70. The van der Waals surface area contributed by atoms with Gasteiger partial charge in [0.15, 0.2) is 0 Å². The number of benzene rings is 1. The predicted molar refractivity (Wildman–Crippen MR) is 61.7 cm³/mol. The summed E-state index contributed by atoms with van der Waals surface area (Å²) in [6, 6.07) is 7.58. The van der Waals surface area contributed by atoms with Crippen LogP contribution in [0.5, 0.6) is 0 Å². The molecule has 0 spiro atoms. The Morgan fingerprint density at radius 3 is 1.62 bits per heavy atom. The molecule has 0 aromatic heterocycles. The summed E-state index contributed by atoms with van der Waals surface area (Å²) in [4.78, 5) is 20.8. The molecule has 2 unspecified atom stereocenters. The molecule has 0 heterocycles. The maximum absolute atomic E-state index is 10.4. The lowest BCUT2D eigenvalue weighted by atomic mass is 9.97. The van der Waals surface area contributed by atoms with Crippen molar-refractivity contribution in [3.05, 3.63) is 35.4 Å². The summed E-state index contributed by atoms with van der Waals surface area (Å²) in [5.41, 5.74) is 2.02. The van der Waals surface area contributed by atoms with E-state index in [9.17, 15) is 9.59 Å². The molecule has 0 aliphatic carbocycles. The van der Waals surface area contributed by atoms with Gasteiger partial charge in [0, 0.05) is 0 Å². The molecule has 0 fully saturated rings. The van der Waals surface area contributed by atoms with Crippen LogP contribution in [0.15, 0.2) is 24.3 Å². The Balaban J connectivity index is 2.98. The first kappa shape index (κ1) is 12.2. The van der Waals surface area contributed by atoms with E-state index in [4.69, 9.17) is 0 Å². The van der Waals surface area contributed by atoms with E-state index in [-0.39, 0.29) is 12.1 Å². The molecule has 0 aliphatic rings. The molecule has 4 nitrogen and oxygen atoms in total. The van der Waals surface area contributed by atoms with E-state index in [1.54, 1.807) is 0 Å². The normalized spacial score (nSPS) is 13.6. The molecule has 2 amide bonds. The molecule has 2 atom stereocenters. The average Bonchev–Trinajstić information content (AvgIpc) is 2.30. The van der Waals surface area contributed by atoms with Crippen LogP contribution in [0.3, 0.4) is 0 Å². The third-order valence-corrected chi connectivity index (χ3v) is 2.57. The van der Waals surface area contributed by atoms with E-state index in [1.165, 1.54) is 0 Å². The van der Waals surface area contributed by atoms with Crippen LogP contribution < -0.4 is 10.6 Å². The number of hydrogen-bond acceptors (Lipinski definition) is 2. The molecule has 1 rings (SSSR count). The van der Waals surface area contributed by atoms with E-state index in [0.717, 1.165) is 11.1 Å². The van der Waals surface area contributed by atoms with Gasteiger partial charge in [0.1, 0.15) is 0 Å². The van der Waals surface area contributed by atoms with Crippen LogP contribution in [0.1, 0.15) is 37.1 Å². The third kappa shape index (κ3) is 2.82. The Labute approximate surface area is 95.0 Å². The second-order valence-corrected chi connectivity index (χ2v) is 3.64. The topological polar surface area (TPSA) is 58.2 Å². The number of hydrogen-bond donors (Lipinski definition) is 2. The number of carbonyl (C=O) groups excluding carboxylic acids is 2. The van der Waals surface area contributed by atoms with Gasteiger partial charge in [0.05, 0.1) is 12.1 Å². The average molecular weight is 220 g/mol. The summed E-state index contributed by atoms with van der Waals surface area (Å²) < 4.78 is 0. The maximum atomic E-state index is 10.4. The second kappa shape index (κ2) is 5.90. The zero-order chi connectivity index (χ0) is 12.0. The highest BCUT2D eigenvalue weighted by Crippen LogP contribution is 2.22. The first-order valence-electron chi connectivity index (χ1n) is 5.19. The lowest BCUT2D eigenvalue weighted by molar-refractivity contribution is -0.111. The largest absolute Gasteiger partial charge is 0.352 e. The van der Waals surface area contributed by atoms with Gasteiger partial charge in [-0.05, 0) is 25.0 Å². The van der Waals surface area contributed by atoms with Crippen molar-refractivity contribution in [2.45, 2.75) is 25.9 Å². The number of carbonyl (C=O) groups is 2. The fraction of sp³-hybridized carbons (Fsp3) is 0.333. The highest BCUT2D eigenvalue weighted by Gasteiger charge is 2.13. The van der Waals surface area contributed by atoms with Gasteiger partial charge < -0.3 is 10.6 Å². The fourth-order valence-electron chi connectivity index (χ4n) is 1.68. The molecule has 1 aromatic carbocycles. The molecule has 1 aromatic rings. The molecular formula is C12H16N2O2. The smallest absolute Gasteiger partial charge is 0.207 e. The molecule has 0 bridgehead atoms. The SMILES string of the molecule is CC(NC=O)c1ccccc1C(C)NC=O. The monoisotopic (exact) mass is 220 g/mol. The number of rotatable bonds is 6. The summed E-state index contributed by atoms with van der Waals surface area (Å²) in [6.07, 6.45) is 1.36. The zero-order valence-corrected chi connectivity index (χ0v) is 9.44. The first-order valence-corrected chi connectivity index (χ1v) is 5.19. The fourth-order valence-corrected chi connectivity index (χ4v) is 1.68. The van der Waals surface area contributed by atoms with E-state index in [1.807, 2.05) is 38.1 Å². The molecule has 0 saturated carbocycles. The van der Waals surface area contributed by atoms with Crippen LogP contribution in [-0.4, -0.2) is 12.8 Å². The quantitative estimate of drug-likeness (QED) is 0.710. The summed E-state index contributed by atoms with van der Waals surface area (Å²) in [5, 5.41) is 5.40. The Bertz CT molecular complexity index is 331. The van der Waals surface area contributed by atoms with Crippen LogP contribution >= 0.6 is 0 Å². The van der Waals surface area contributed by atoms with Crippen molar-refractivity contribution in [1.29, 1.82) is 0 Å². The van der Waals surface area contributed by atoms with Gasteiger partial charge in [-0.15, -0.1) is 0 Å². The molecule has 86 valence electrons. The van der Waals surface area contributed by atoms with E-state index in [0.29, 0.717) is 12.8 Å². The van der Waals surface area contributed by atoms with Crippen molar-refractivity contribution < 1.29 is 9.59 Å². The highest BCUT2D eigenvalue weighted by atomic mass is 16.1. The molecule has 4 heteroatoms. The van der Waals surface area contributed by atoms with Crippen molar-refractivity contribution in [1.82, 2.24) is 10.6 Å². The van der Waals surface area contributed by atoms with Gasteiger partial charge in [-0.2, -0.15) is 0 Å². The highest BCUT2D eigenvalue weighted by molar-refractivity contribution is 5.50. The minimum atomic E-state index is -0.0652. The van der Waals surface area contributed by atoms with E-state index < -0.39 is 0 Å². The molecule has 0 saturated heterocycles. The van der Waals surface area contributed by atoms with Gasteiger partial charge in [-0.1, -0.05) is 24.3 Å². The summed E-state index contributed by atoms with van der Waals surface area (Å²) in [7, 11) is 0. The van der Waals surface area contributed by atoms with Crippen LogP contribution in [0.25, 0.3) is 0 Å². The van der Waals surface area contributed by atoms with Crippen molar-refractivity contribution in [3.8, 4) is 0 Å². The van der Waals surface area contributed by atoms with Gasteiger partial charge in [-0.3, -0.25) is 9.59 Å². The van der Waals surface area contributed by atoms with Crippen LogP contribution in [0.2, 0.25) is 0 Å². The van der Waals surface area contributed by atoms with Crippen molar-refractivity contribution in [2.75, 3.05) is 0 Å². The summed E-state index contributed by atoms with van der Waals surface area (Å²) in [6.45, 7) is 3.81. The lowest BCUT2D eigenvalue weighted by Crippen LogP contribution is -2.22. The Kier molecular flexibility index (Phi) is 4.51. The van der Waals surface area contributed by atoms with Crippen LogP contribution in [-0.2, 0) is 9.59 Å².